The van der Waals surface area contributed by atoms with Gasteiger partial charge in [0.2, 0.25) is 0 Å². The van der Waals surface area contributed by atoms with Gasteiger partial charge in [-0.05, 0) is 70.8 Å². The molecule has 3 heterocycles. The van der Waals surface area contributed by atoms with Gasteiger partial charge in [0.05, 0.1) is 39.1 Å². The van der Waals surface area contributed by atoms with Crippen molar-refractivity contribution in [3.63, 3.8) is 0 Å². The van der Waals surface area contributed by atoms with E-state index in [2.05, 4.69) is 191 Å². The molecule has 0 aliphatic carbocycles. The van der Waals surface area contributed by atoms with Crippen molar-refractivity contribution < 1.29 is 0 Å². The molecule has 9 aromatic carbocycles. The zero-order chi connectivity index (χ0) is 38.2. The van der Waals surface area contributed by atoms with Crippen LogP contribution in [0.2, 0.25) is 0 Å². The van der Waals surface area contributed by atoms with Gasteiger partial charge in [-0.1, -0.05) is 152 Å². The fourth-order valence-electron chi connectivity index (χ4n) is 8.98. The Morgan fingerprint density at radius 1 is 0.293 bits per heavy atom. The van der Waals surface area contributed by atoms with Gasteiger partial charge in [0.15, 0.2) is 5.82 Å². The molecular formula is C54H34N4. The van der Waals surface area contributed by atoms with Crippen molar-refractivity contribution >= 4 is 65.2 Å². The van der Waals surface area contributed by atoms with Crippen molar-refractivity contribution in [1.29, 1.82) is 0 Å². The van der Waals surface area contributed by atoms with E-state index in [4.69, 9.17) is 9.97 Å². The fraction of sp³-hybridized carbons (Fsp3) is 0. The molecule has 3 aromatic heterocycles. The smallest absolute Gasteiger partial charge is 0.160 e. The molecule has 0 saturated heterocycles. The largest absolute Gasteiger partial charge is 0.309 e. The number of benzene rings is 9. The monoisotopic (exact) mass is 738 g/mol. The first-order valence-electron chi connectivity index (χ1n) is 19.7. The van der Waals surface area contributed by atoms with Gasteiger partial charge in [-0.3, -0.25) is 0 Å². The van der Waals surface area contributed by atoms with E-state index in [1.165, 1.54) is 48.7 Å². The van der Waals surface area contributed by atoms with E-state index in [1.54, 1.807) is 0 Å². The molecule has 0 radical (unpaired) electrons. The lowest BCUT2D eigenvalue weighted by Gasteiger charge is -2.16. The van der Waals surface area contributed by atoms with E-state index in [1.807, 2.05) is 24.3 Å². The van der Waals surface area contributed by atoms with Crippen molar-refractivity contribution in [2.24, 2.45) is 0 Å². The highest BCUT2D eigenvalue weighted by molar-refractivity contribution is 6.20. The average molecular weight is 739 g/mol. The second-order valence-corrected chi connectivity index (χ2v) is 15.0. The van der Waals surface area contributed by atoms with E-state index in [0.29, 0.717) is 5.82 Å². The molecule has 0 aliphatic rings. The molecule has 4 heteroatoms. The van der Waals surface area contributed by atoms with Gasteiger partial charge in [-0.2, -0.15) is 0 Å². The molecule has 12 aromatic rings. The standard InChI is InChI=1S/C54H34N4/c1-3-16-36(17-4-1)47-33-48(56-54(55-47)37-18-5-2-6-19-37)40-29-39-21-9-10-22-42(39)51(31-40)58-50-26-14-12-24-44(50)46-32-45-43-23-11-13-25-49(43)57(52(45)34-53(46)58)41-28-27-35-15-7-8-20-38(35)30-41/h1-34H. The van der Waals surface area contributed by atoms with Gasteiger partial charge in [0.25, 0.3) is 0 Å². The van der Waals surface area contributed by atoms with Crippen LogP contribution in [-0.2, 0) is 0 Å². The quantitative estimate of drug-likeness (QED) is 0.176. The van der Waals surface area contributed by atoms with E-state index in [-0.39, 0.29) is 0 Å². The summed E-state index contributed by atoms with van der Waals surface area (Å²) in [6.07, 6.45) is 0. The first-order valence-corrected chi connectivity index (χ1v) is 19.7. The Morgan fingerprint density at radius 2 is 0.845 bits per heavy atom. The fourth-order valence-corrected chi connectivity index (χ4v) is 8.98. The Balaban J connectivity index is 1.16. The number of aromatic nitrogens is 4. The molecule has 12 rings (SSSR count). The molecule has 4 nitrogen and oxygen atoms in total. The Labute approximate surface area is 334 Å². The molecule has 0 bridgehead atoms. The minimum Gasteiger partial charge on any atom is -0.309 e. The highest BCUT2D eigenvalue weighted by Crippen LogP contribution is 2.42. The minimum absolute atomic E-state index is 0.701. The number of fused-ring (bicyclic) bond motifs is 8. The molecule has 0 unspecified atom stereocenters. The molecule has 58 heavy (non-hydrogen) atoms. The van der Waals surface area contributed by atoms with Crippen molar-refractivity contribution in [2.75, 3.05) is 0 Å². The Bertz CT molecular complexity index is 3500. The maximum atomic E-state index is 5.26. The summed E-state index contributed by atoms with van der Waals surface area (Å²) in [7, 11) is 0. The first kappa shape index (κ1) is 32.4. The van der Waals surface area contributed by atoms with Crippen LogP contribution in [0, 0.1) is 0 Å². The third-order valence-electron chi connectivity index (χ3n) is 11.7. The summed E-state index contributed by atoms with van der Waals surface area (Å²) in [5.74, 6) is 0.701. The molecule has 0 N–H and O–H groups in total. The predicted molar refractivity (Wildman–Crippen MR) is 242 cm³/mol. The molecule has 270 valence electrons. The second kappa shape index (κ2) is 12.9. The molecule has 0 saturated carbocycles. The third kappa shape index (κ3) is 5.09. The summed E-state index contributed by atoms with van der Waals surface area (Å²) in [5.41, 5.74) is 11.8. The van der Waals surface area contributed by atoms with Gasteiger partial charge in [0, 0.05) is 49.3 Å². The highest BCUT2D eigenvalue weighted by atomic mass is 15.0. The normalized spacial score (nSPS) is 11.8. The van der Waals surface area contributed by atoms with Crippen LogP contribution in [0.25, 0.3) is 110 Å². The van der Waals surface area contributed by atoms with Crippen LogP contribution in [0.15, 0.2) is 206 Å². The zero-order valence-electron chi connectivity index (χ0n) is 31.4. The second-order valence-electron chi connectivity index (χ2n) is 15.0. The molecular weight excluding hydrogens is 705 g/mol. The molecule has 0 spiro atoms. The number of nitrogens with zero attached hydrogens (tertiary/aromatic N) is 4. The molecule has 0 fully saturated rings. The first-order chi connectivity index (χ1) is 28.7. The molecule has 0 amide bonds. The number of hydrogen-bond acceptors (Lipinski definition) is 2. The van der Waals surface area contributed by atoms with E-state index < -0.39 is 0 Å². The SMILES string of the molecule is c1ccc(-c2cc(-c3cc(-n4c5ccccc5c5cc6c7ccccc7n(-c7ccc8ccccc8c7)c6cc54)c4ccccc4c3)nc(-c3ccccc3)n2)cc1. The van der Waals surface area contributed by atoms with Crippen molar-refractivity contribution in [2.45, 2.75) is 0 Å². The summed E-state index contributed by atoms with van der Waals surface area (Å²) in [6.45, 7) is 0. The number of rotatable bonds is 5. The van der Waals surface area contributed by atoms with Crippen LogP contribution < -0.4 is 0 Å². The minimum atomic E-state index is 0.701. The Kier molecular flexibility index (Phi) is 7.20. The summed E-state index contributed by atoms with van der Waals surface area (Å²) in [6, 6.07) is 73.9. The lowest BCUT2D eigenvalue weighted by molar-refractivity contribution is 1.17. The van der Waals surface area contributed by atoms with Gasteiger partial charge in [0.1, 0.15) is 0 Å². The Morgan fingerprint density at radius 3 is 1.57 bits per heavy atom. The molecule has 0 aliphatic heterocycles. The van der Waals surface area contributed by atoms with Crippen molar-refractivity contribution in [1.82, 2.24) is 19.1 Å². The maximum Gasteiger partial charge on any atom is 0.160 e. The highest BCUT2D eigenvalue weighted by Gasteiger charge is 2.21. The van der Waals surface area contributed by atoms with E-state index >= 15 is 0 Å². The third-order valence-corrected chi connectivity index (χ3v) is 11.7. The maximum absolute atomic E-state index is 5.26. The summed E-state index contributed by atoms with van der Waals surface area (Å²) in [5, 5.41) is 9.69. The van der Waals surface area contributed by atoms with Crippen LogP contribution in [0.5, 0.6) is 0 Å². The summed E-state index contributed by atoms with van der Waals surface area (Å²) >= 11 is 0. The van der Waals surface area contributed by atoms with Crippen LogP contribution >= 0.6 is 0 Å². The van der Waals surface area contributed by atoms with Gasteiger partial charge in [-0.15, -0.1) is 0 Å². The number of hydrogen-bond donors (Lipinski definition) is 0. The van der Waals surface area contributed by atoms with Gasteiger partial charge >= 0.3 is 0 Å². The van der Waals surface area contributed by atoms with Crippen molar-refractivity contribution in [3.05, 3.63) is 206 Å². The van der Waals surface area contributed by atoms with Crippen molar-refractivity contribution in [3.8, 4) is 45.3 Å². The van der Waals surface area contributed by atoms with Gasteiger partial charge in [-0.25, -0.2) is 9.97 Å². The summed E-state index contributed by atoms with van der Waals surface area (Å²) < 4.78 is 4.90. The zero-order valence-corrected chi connectivity index (χ0v) is 31.4. The topological polar surface area (TPSA) is 35.6 Å². The predicted octanol–water partition coefficient (Wildman–Crippen LogP) is 14.0. The number of para-hydroxylation sites is 2. The summed E-state index contributed by atoms with van der Waals surface area (Å²) in [4.78, 5) is 10.4. The van der Waals surface area contributed by atoms with Crippen LogP contribution in [-0.4, -0.2) is 19.1 Å². The van der Waals surface area contributed by atoms with Crippen LogP contribution in [0.3, 0.4) is 0 Å². The van der Waals surface area contributed by atoms with E-state index in [9.17, 15) is 0 Å². The lowest BCUT2D eigenvalue weighted by Crippen LogP contribution is -1.99. The molecule has 0 atom stereocenters. The average Bonchev–Trinajstić information content (AvgIpc) is 3.80. The van der Waals surface area contributed by atoms with E-state index in [0.717, 1.165) is 55.9 Å². The van der Waals surface area contributed by atoms with Crippen LogP contribution in [0.4, 0.5) is 0 Å². The van der Waals surface area contributed by atoms with Gasteiger partial charge < -0.3 is 9.13 Å². The van der Waals surface area contributed by atoms with Crippen LogP contribution in [0.1, 0.15) is 0 Å². The lowest BCUT2D eigenvalue weighted by atomic mass is 10.0. The Hall–Kier alpha value is -7.82.